The first kappa shape index (κ1) is 9.26. The van der Waals surface area contributed by atoms with Crippen LogP contribution in [-0.2, 0) is 4.74 Å². The lowest BCUT2D eigenvalue weighted by molar-refractivity contribution is -0.0287. The zero-order chi connectivity index (χ0) is 9.10. The van der Waals surface area contributed by atoms with Crippen LogP contribution < -0.4 is 0 Å². The van der Waals surface area contributed by atoms with Gasteiger partial charge in [0, 0.05) is 0 Å². The van der Waals surface area contributed by atoms with Crippen molar-refractivity contribution in [2.75, 3.05) is 0 Å². The SMILES string of the molecule is C=C[C@H]1CCC[C@@H]2CCCC[C@@H]2O1. The second kappa shape index (κ2) is 4.28. The van der Waals surface area contributed by atoms with Crippen LogP contribution in [0.15, 0.2) is 12.7 Å². The molecule has 1 saturated heterocycles. The quantitative estimate of drug-likeness (QED) is 0.563. The van der Waals surface area contributed by atoms with Crippen molar-refractivity contribution < 1.29 is 4.74 Å². The summed E-state index contributed by atoms with van der Waals surface area (Å²) < 4.78 is 6.05. The average molecular weight is 180 g/mol. The summed E-state index contributed by atoms with van der Waals surface area (Å²) in [6.07, 6.45) is 12.3. The summed E-state index contributed by atoms with van der Waals surface area (Å²) in [5.41, 5.74) is 0. The highest BCUT2D eigenvalue weighted by atomic mass is 16.5. The normalized spacial score (nSPS) is 40.5. The molecule has 0 unspecified atom stereocenters. The lowest BCUT2D eigenvalue weighted by Crippen LogP contribution is -2.28. The molecule has 0 aromatic rings. The monoisotopic (exact) mass is 180 g/mol. The summed E-state index contributed by atoms with van der Waals surface area (Å²) in [5.74, 6) is 0.860. The number of hydrogen-bond donors (Lipinski definition) is 0. The Morgan fingerprint density at radius 1 is 1.00 bits per heavy atom. The Hall–Kier alpha value is -0.300. The molecule has 0 aromatic heterocycles. The third kappa shape index (κ3) is 2.14. The molecular weight excluding hydrogens is 160 g/mol. The zero-order valence-electron chi connectivity index (χ0n) is 8.37. The van der Waals surface area contributed by atoms with Crippen LogP contribution in [0.3, 0.4) is 0 Å². The van der Waals surface area contributed by atoms with Crippen molar-refractivity contribution in [1.82, 2.24) is 0 Å². The molecule has 3 atom stereocenters. The van der Waals surface area contributed by atoms with Gasteiger partial charge in [-0.25, -0.2) is 0 Å². The smallest absolute Gasteiger partial charge is 0.0757 e. The Kier molecular flexibility index (Phi) is 3.05. The lowest BCUT2D eigenvalue weighted by Gasteiger charge is -2.30. The maximum atomic E-state index is 6.05. The molecule has 0 bridgehead atoms. The van der Waals surface area contributed by atoms with Crippen molar-refractivity contribution in [3.05, 3.63) is 12.7 Å². The maximum Gasteiger partial charge on any atom is 0.0757 e. The van der Waals surface area contributed by atoms with Crippen molar-refractivity contribution in [3.63, 3.8) is 0 Å². The summed E-state index contributed by atoms with van der Waals surface area (Å²) >= 11 is 0. The fraction of sp³-hybridized carbons (Fsp3) is 0.833. The fourth-order valence-corrected chi connectivity index (χ4v) is 2.73. The van der Waals surface area contributed by atoms with E-state index in [-0.39, 0.29) is 0 Å². The Morgan fingerprint density at radius 3 is 2.62 bits per heavy atom. The van der Waals surface area contributed by atoms with Gasteiger partial charge in [0.05, 0.1) is 12.2 Å². The van der Waals surface area contributed by atoms with Gasteiger partial charge in [0.2, 0.25) is 0 Å². The van der Waals surface area contributed by atoms with E-state index in [0.29, 0.717) is 12.2 Å². The van der Waals surface area contributed by atoms with Gasteiger partial charge in [0.25, 0.3) is 0 Å². The minimum absolute atomic E-state index is 0.341. The van der Waals surface area contributed by atoms with E-state index in [1.165, 1.54) is 44.9 Å². The first-order chi connectivity index (χ1) is 6.40. The molecule has 0 N–H and O–H groups in total. The average Bonchev–Trinajstić information content (AvgIpc) is 2.38. The van der Waals surface area contributed by atoms with Gasteiger partial charge in [-0.05, 0) is 31.6 Å². The minimum atomic E-state index is 0.341. The summed E-state index contributed by atoms with van der Waals surface area (Å²) in [6.45, 7) is 3.84. The highest BCUT2D eigenvalue weighted by Crippen LogP contribution is 2.34. The predicted molar refractivity (Wildman–Crippen MR) is 54.7 cm³/mol. The molecule has 0 radical (unpaired) electrons. The standard InChI is InChI=1S/C12H20O/c1-2-11-8-5-7-10-6-3-4-9-12(10)13-11/h2,10-12H,1,3-9H2/t10-,11-,12-/m0/s1. The molecule has 0 aromatic carbocycles. The summed E-state index contributed by atoms with van der Waals surface area (Å²) in [4.78, 5) is 0. The molecular formula is C12H20O. The number of ether oxygens (including phenoxy) is 1. The van der Waals surface area contributed by atoms with Gasteiger partial charge < -0.3 is 4.74 Å². The zero-order valence-corrected chi connectivity index (χ0v) is 8.37. The lowest BCUT2D eigenvalue weighted by atomic mass is 9.84. The maximum absolute atomic E-state index is 6.05. The second-order valence-corrected chi connectivity index (χ2v) is 4.42. The van der Waals surface area contributed by atoms with Crippen molar-refractivity contribution >= 4 is 0 Å². The number of hydrogen-bond acceptors (Lipinski definition) is 1. The van der Waals surface area contributed by atoms with Crippen molar-refractivity contribution in [1.29, 1.82) is 0 Å². The van der Waals surface area contributed by atoms with E-state index in [1.807, 2.05) is 6.08 Å². The van der Waals surface area contributed by atoms with Crippen LogP contribution >= 0.6 is 0 Å². The third-order valence-corrected chi connectivity index (χ3v) is 3.52. The molecule has 1 heteroatoms. The summed E-state index contributed by atoms with van der Waals surface area (Å²) in [6, 6.07) is 0. The Labute approximate surface area is 81.2 Å². The van der Waals surface area contributed by atoms with Gasteiger partial charge in [-0.3, -0.25) is 0 Å². The molecule has 0 spiro atoms. The van der Waals surface area contributed by atoms with E-state index in [1.54, 1.807) is 0 Å². The Morgan fingerprint density at radius 2 is 1.77 bits per heavy atom. The van der Waals surface area contributed by atoms with E-state index in [4.69, 9.17) is 4.74 Å². The highest BCUT2D eigenvalue weighted by Gasteiger charge is 2.29. The molecule has 13 heavy (non-hydrogen) atoms. The van der Waals surface area contributed by atoms with Gasteiger partial charge in [0.15, 0.2) is 0 Å². The Bertz CT molecular complexity index is 176. The molecule has 0 amide bonds. The molecule has 2 fully saturated rings. The topological polar surface area (TPSA) is 9.23 Å². The van der Waals surface area contributed by atoms with Gasteiger partial charge >= 0.3 is 0 Å². The molecule has 1 saturated carbocycles. The molecule has 2 aliphatic rings. The van der Waals surface area contributed by atoms with E-state index in [9.17, 15) is 0 Å². The van der Waals surface area contributed by atoms with Crippen molar-refractivity contribution in [3.8, 4) is 0 Å². The Balaban J connectivity index is 1.98. The van der Waals surface area contributed by atoms with E-state index in [0.717, 1.165) is 5.92 Å². The van der Waals surface area contributed by atoms with Gasteiger partial charge in [-0.2, -0.15) is 0 Å². The molecule has 1 heterocycles. The van der Waals surface area contributed by atoms with Crippen LogP contribution in [0.1, 0.15) is 44.9 Å². The van der Waals surface area contributed by atoms with Crippen molar-refractivity contribution in [2.45, 2.75) is 57.2 Å². The van der Waals surface area contributed by atoms with Crippen LogP contribution in [0.25, 0.3) is 0 Å². The molecule has 1 aliphatic heterocycles. The molecule has 1 aliphatic carbocycles. The fourth-order valence-electron chi connectivity index (χ4n) is 2.73. The first-order valence-electron chi connectivity index (χ1n) is 5.68. The first-order valence-corrected chi connectivity index (χ1v) is 5.68. The summed E-state index contributed by atoms with van der Waals surface area (Å²) in [5, 5.41) is 0. The predicted octanol–water partition coefficient (Wildman–Crippen LogP) is 3.30. The second-order valence-electron chi connectivity index (χ2n) is 4.42. The van der Waals surface area contributed by atoms with Crippen molar-refractivity contribution in [2.24, 2.45) is 5.92 Å². The van der Waals surface area contributed by atoms with Gasteiger partial charge in [-0.15, -0.1) is 6.58 Å². The van der Waals surface area contributed by atoms with E-state index < -0.39 is 0 Å². The van der Waals surface area contributed by atoms with Crippen LogP contribution in [0, 0.1) is 5.92 Å². The molecule has 2 rings (SSSR count). The van der Waals surface area contributed by atoms with E-state index in [2.05, 4.69) is 6.58 Å². The highest BCUT2D eigenvalue weighted by molar-refractivity contribution is 4.87. The van der Waals surface area contributed by atoms with Crippen LogP contribution in [0.4, 0.5) is 0 Å². The molecule has 1 nitrogen and oxygen atoms in total. The minimum Gasteiger partial charge on any atom is -0.371 e. The van der Waals surface area contributed by atoms with Gasteiger partial charge in [-0.1, -0.05) is 25.3 Å². The van der Waals surface area contributed by atoms with Crippen LogP contribution in [-0.4, -0.2) is 12.2 Å². The van der Waals surface area contributed by atoms with Gasteiger partial charge in [0.1, 0.15) is 0 Å². The number of fused-ring (bicyclic) bond motifs is 1. The number of rotatable bonds is 1. The van der Waals surface area contributed by atoms with Crippen LogP contribution in [0.2, 0.25) is 0 Å². The van der Waals surface area contributed by atoms with E-state index >= 15 is 0 Å². The molecule has 74 valence electrons. The third-order valence-electron chi connectivity index (χ3n) is 3.52. The van der Waals surface area contributed by atoms with Crippen LogP contribution in [0.5, 0.6) is 0 Å². The largest absolute Gasteiger partial charge is 0.371 e. The summed E-state index contributed by atoms with van der Waals surface area (Å²) in [7, 11) is 0.